The lowest BCUT2D eigenvalue weighted by atomic mass is 9.91. The van der Waals surface area contributed by atoms with Crippen LogP contribution >= 0.6 is 0 Å². The third-order valence-corrected chi connectivity index (χ3v) is 4.99. The molecule has 2 amide bonds. The molecule has 0 radical (unpaired) electrons. The Kier molecular flexibility index (Phi) is 6.58. The van der Waals surface area contributed by atoms with Crippen LogP contribution in [0.4, 0.5) is 4.39 Å². The van der Waals surface area contributed by atoms with Crippen LogP contribution in [-0.2, 0) is 16.0 Å². The normalized spacial score (nSPS) is 15.2. The standard InChI is InChI=1S/C22H25FN2O2/c23-19-11-9-18(10-12-19)20(15-17-7-3-1-4-8-17)22(27)24-16-21(26)25-13-5-2-6-14-25/h1,3-4,7-12,20H,2,5-6,13-16H2,(H,24,27). The van der Waals surface area contributed by atoms with E-state index in [0.717, 1.165) is 43.5 Å². The first-order valence-corrected chi connectivity index (χ1v) is 9.48. The van der Waals surface area contributed by atoms with Crippen molar-refractivity contribution in [1.29, 1.82) is 0 Å². The fraction of sp³-hybridized carbons (Fsp3) is 0.364. The van der Waals surface area contributed by atoms with Crippen LogP contribution in [0.25, 0.3) is 0 Å². The van der Waals surface area contributed by atoms with Gasteiger partial charge in [-0.15, -0.1) is 0 Å². The molecular weight excluding hydrogens is 343 g/mol. The van der Waals surface area contributed by atoms with Gasteiger partial charge in [-0.25, -0.2) is 4.39 Å². The zero-order valence-corrected chi connectivity index (χ0v) is 15.4. The Balaban J connectivity index is 1.68. The monoisotopic (exact) mass is 368 g/mol. The van der Waals surface area contributed by atoms with Gasteiger partial charge in [0.05, 0.1) is 12.5 Å². The van der Waals surface area contributed by atoms with Crippen LogP contribution in [0.15, 0.2) is 54.6 Å². The second-order valence-corrected chi connectivity index (χ2v) is 6.95. The van der Waals surface area contributed by atoms with Crippen LogP contribution in [0.3, 0.4) is 0 Å². The summed E-state index contributed by atoms with van der Waals surface area (Å²) < 4.78 is 13.3. The largest absolute Gasteiger partial charge is 0.346 e. The number of piperidine rings is 1. The first kappa shape index (κ1) is 19.1. The fourth-order valence-corrected chi connectivity index (χ4v) is 3.45. The van der Waals surface area contributed by atoms with Crippen molar-refractivity contribution in [1.82, 2.24) is 10.2 Å². The second-order valence-electron chi connectivity index (χ2n) is 6.95. The number of hydrogen-bond donors (Lipinski definition) is 1. The van der Waals surface area contributed by atoms with Crippen molar-refractivity contribution >= 4 is 11.8 Å². The predicted octanol–water partition coefficient (Wildman–Crippen LogP) is 3.28. The summed E-state index contributed by atoms with van der Waals surface area (Å²) >= 11 is 0. The van der Waals surface area contributed by atoms with Gasteiger partial charge in [0.15, 0.2) is 0 Å². The van der Waals surface area contributed by atoms with Crippen molar-refractivity contribution in [2.75, 3.05) is 19.6 Å². The highest BCUT2D eigenvalue weighted by atomic mass is 19.1. The number of carbonyl (C=O) groups is 2. The summed E-state index contributed by atoms with van der Waals surface area (Å²) in [6.45, 7) is 1.53. The SMILES string of the molecule is O=C(NCC(=O)N1CCCCC1)C(Cc1ccccc1)c1ccc(F)cc1. The van der Waals surface area contributed by atoms with Gasteiger partial charge in [-0.2, -0.15) is 0 Å². The highest BCUT2D eigenvalue weighted by Crippen LogP contribution is 2.22. The number of likely N-dealkylation sites (tertiary alicyclic amines) is 1. The van der Waals surface area contributed by atoms with Crippen molar-refractivity contribution in [3.8, 4) is 0 Å². The molecule has 1 N–H and O–H groups in total. The number of benzene rings is 2. The topological polar surface area (TPSA) is 49.4 Å². The molecule has 2 aromatic rings. The van der Waals surface area contributed by atoms with Gasteiger partial charge in [0.2, 0.25) is 11.8 Å². The lowest BCUT2D eigenvalue weighted by Gasteiger charge is -2.27. The summed E-state index contributed by atoms with van der Waals surface area (Å²) in [6.07, 6.45) is 3.69. The van der Waals surface area contributed by atoms with Crippen LogP contribution in [0.1, 0.15) is 36.3 Å². The minimum Gasteiger partial charge on any atom is -0.346 e. The summed E-state index contributed by atoms with van der Waals surface area (Å²) in [6, 6.07) is 15.7. The predicted molar refractivity (Wildman–Crippen MR) is 103 cm³/mol. The van der Waals surface area contributed by atoms with Gasteiger partial charge in [-0.3, -0.25) is 9.59 Å². The van der Waals surface area contributed by atoms with Gasteiger partial charge >= 0.3 is 0 Å². The summed E-state index contributed by atoms with van der Waals surface area (Å²) in [5, 5.41) is 2.79. The van der Waals surface area contributed by atoms with Gasteiger partial charge in [0.25, 0.3) is 0 Å². The number of nitrogens with zero attached hydrogens (tertiary/aromatic N) is 1. The maximum atomic E-state index is 13.3. The Bertz CT molecular complexity index is 756. The molecule has 3 rings (SSSR count). The Morgan fingerprint density at radius 3 is 2.30 bits per heavy atom. The van der Waals surface area contributed by atoms with Crippen molar-refractivity contribution in [2.24, 2.45) is 0 Å². The number of amides is 2. The lowest BCUT2D eigenvalue weighted by Crippen LogP contribution is -2.43. The van der Waals surface area contributed by atoms with Crippen LogP contribution in [0.5, 0.6) is 0 Å². The summed E-state index contributed by atoms with van der Waals surface area (Å²) in [5.74, 6) is -1.06. The van der Waals surface area contributed by atoms with E-state index in [1.807, 2.05) is 35.2 Å². The molecule has 0 spiro atoms. The van der Waals surface area contributed by atoms with E-state index >= 15 is 0 Å². The maximum absolute atomic E-state index is 13.3. The average molecular weight is 368 g/mol. The molecule has 0 aliphatic carbocycles. The van der Waals surface area contributed by atoms with Gasteiger partial charge in [0.1, 0.15) is 5.82 Å². The number of halogens is 1. The molecule has 4 nitrogen and oxygen atoms in total. The third-order valence-electron chi connectivity index (χ3n) is 4.99. The summed E-state index contributed by atoms with van der Waals surface area (Å²) in [4.78, 5) is 27.0. The van der Waals surface area contributed by atoms with E-state index in [-0.39, 0.29) is 24.2 Å². The Morgan fingerprint density at radius 2 is 1.63 bits per heavy atom. The molecule has 1 atom stereocenters. The molecule has 2 aromatic carbocycles. The molecule has 5 heteroatoms. The van der Waals surface area contributed by atoms with E-state index in [9.17, 15) is 14.0 Å². The van der Waals surface area contributed by atoms with E-state index in [1.165, 1.54) is 12.1 Å². The molecule has 1 aliphatic heterocycles. The Labute approximate surface area is 159 Å². The number of carbonyl (C=O) groups excluding carboxylic acids is 2. The zero-order chi connectivity index (χ0) is 19.1. The molecule has 27 heavy (non-hydrogen) atoms. The molecule has 1 saturated heterocycles. The van der Waals surface area contributed by atoms with Crippen molar-refractivity contribution in [3.05, 3.63) is 71.5 Å². The van der Waals surface area contributed by atoms with E-state index in [1.54, 1.807) is 12.1 Å². The fourth-order valence-electron chi connectivity index (χ4n) is 3.45. The smallest absolute Gasteiger partial charge is 0.241 e. The van der Waals surface area contributed by atoms with Gasteiger partial charge in [0, 0.05) is 13.1 Å². The molecule has 0 aromatic heterocycles. The van der Waals surface area contributed by atoms with Crippen LogP contribution in [0.2, 0.25) is 0 Å². The van der Waals surface area contributed by atoms with E-state index < -0.39 is 5.92 Å². The van der Waals surface area contributed by atoms with Crippen LogP contribution in [-0.4, -0.2) is 36.3 Å². The summed E-state index contributed by atoms with van der Waals surface area (Å²) in [7, 11) is 0. The second kappa shape index (κ2) is 9.31. The van der Waals surface area contributed by atoms with Crippen molar-refractivity contribution in [3.63, 3.8) is 0 Å². The third kappa shape index (κ3) is 5.39. The van der Waals surface area contributed by atoms with Gasteiger partial charge in [-0.05, 0) is 48.9 Å². The van der Waals surface area contributed by atoms with Gasteiger partial charge in [-0.1, -0.05) is 42.5 Å². The average Bonchev–Trinajstić information content (AvgIpc) is 2.72. The molecule has 1 heterocycles. The zero-order valence-electron chi connectivity index (χ0n) is 15.4. The highest BCUT2D eigenvalue weighted by molar-refractivity contribution is 5.88. The molecule has 142 valence electrons. The van der Waals surface area contributed by atoms with Crippen molar-refractivity contribution in [2.45, 2.75) is 31.6 Å². The minimum atomic E-state index is -0.470. The van der Waals surface area contributed by atoms with E-state index in [2.05, 4.69) is 5.32 Å². The molecular formula is C22H25FN2O2. The van der Waals surface area contributed by atoms with Crippen LogP contribution in [0, 0.1) is 5.82 Å². The molecule has 1 fully saturated rings. The number of nitrogens with one attached hydrogen (secondary N) is 1. The van der Waals surface area contributed by atoms with Gasteiger partial charge < -0.3 is 10.2 Å². The molecule has 0 saturated carbocycles. The molecule has 1 unspecified atom stereocenters. The minimum absolute atomic E-state index is 0.00528. The molecule has 0 bridgehead atoms. The first-order valence-electron chi connectivity index (χ1n) is 9.48. The van der Waals surface area contributed by atoms with E-state index in [4.69, 9.17) is 0 Å². The quantitative estimate of drug-likeness (QED) is 0.851. The Hall–Kier alpha value is -2.69. The first-order chi connectivity index (χ1) is 13.1. The number of rotatable bonds is 6. The number of hydrogen-bond acceptors (Lipinski definition) is 2. The highest BCUT2D eigenvalue weighted by Gasteiger charge is 2.23. The van der Waals surface area contributed by atoms with E-state index in [0.29, 0.717) is 6.42 Å². The molecule has 1 aliphatic rings. The summed E-state index contributed by atoms with van der Waals surface area (Å²) in [5.41, 5.74) is 1.76. The lowest BCUT2D eigenvalue weighted by molar-refractivity contribution is -0.133. The van der Waals surface area contributed by atoms with Crippen molar-refractivity contribution < 1.29 is 14.0 Å². The van der Waals surface area contributed by atoms with Crippen LogP contribution < -0.4 is 5.32 Å². The maximum Gasteiger partial charge on any atom is 0.241 e. The Morgan fingerprint density at radius 1 is 0.963 bits per heavy atom.